The van der Waals surface area contributed by atoms with Crippen molar-refractivity contribution < 1.29 is 0 Å². The zero-order valence-electron chi connectivity index (χ0n) is 11.4. The van der Waals surface area contributed by atoms with E-state index in [0.29, 0.717) is 5.54 Å². The molecular formula is C15H28N2. The number of rotatable bonds is 3. The first-order valence-electron chi connectivity index (χ1n) is 7.77. The van der Waals surface area contributed by atoms with Crippen LogP contribution in [0.3, 0.4) is 0 Å². The highest BCUT2D eigenvalue weighted by molar-refractivity contribution is 5.01. The summed E-state index contributed by atoms with van der Waals surface area (Å²) in [6.45, 7) is 6.32. The van der Waals surface area contributed by atoms with E-state index in [0.717, 1.165) is 12.0 Å². The smallest absolute Gasteiger partial charge is 0.0335 e. The van der Waals surface area contributed by atoms with Crippen molar-refractivity contribution in [3.05, 3.63) is 0 Å². The summed E-state index contributed by atoms with van der Waals surface area (Å²) in [5.74, 6) is 1.07. The third kappa shape index (κ3) is 2.39. The molecule has 0 aromatic carbocycles. The first-order chi connectivity index (χ1) is 8.28. The van der Waals surface area contributed by atoms with E-state index in [1.807, 2.05) is 0 Å². The predicted octanol–water partition coefficient (Wildman–Crippen LogP) is 2.78. The maximum absolute atomic E-state index is 3.72. The molecule has 2 atom stereocenters. The number of hydrogen-bond acceptors (Lipinski definition) is 2. The molecule has 0 aromatic rings. The summed E-state index contributed by atoms with van der Waals surface area (Å²) in [4.78, 5) is 2.84. The standard InChI is InChI=1S/C15H28N2/c1-13-6-9-15(12-16-13)8-3-10-17(15)11-7-14-4-2-5-14/h13-14,16H,2-12H2,1H3. The van der Waals surface area contributed by atoms with E-state index >= 15 is 0 Å². The van der Waals surface area contributed by atoms with Gasteiger partial charge < -0.3 is 5.32 Å². The number of piperidine rings is 1. The van der Waals surface area contributed by atoms with Crippen LogP contribution < -0.4 is 5.32 Å². The first kappa shape index (κ1) is 12.0. The third-order valence-corrected chi connectivity index (χ3v) is 5.60. The van der Waals surface area contributed by atoms with Gasteiger partial charge in [-0.1, -0.05) is 19.3 Å². The van der Waals surface area contributed by atoms with E-state index in [1.54, 1.807) is 0 Å². The molecule has 2 nitrogen and oxygen atoms in total. The molecule has 2 heteroatoms. The predicted molar refractivity (Wildman–Crippen MR) is 72.2 cm³/mol. The molecule has 2 unspecified atom stereocenters. The molecule has 1 spiro atoms. The van der Waals surface area contributed by atoms with Crippen LogP contribution in [0.25, 0.3) is 0 Å². The Morgan fingerprint density at radius 3 is 2.71 bits per heavy atom. The highest BCUT2D eigenvalue weighted by Crippen LogP contribution is 2.37. The molecule has 0 bridgehead atoms. The van der Waals surface area contributed by atoms with Crippen LogP contribution in [0.1, 0.15) is 58.3 Å². The van der Waals surface area contributed by atoms with Gasteiger partial charge in [-0.3, -0.25) is 4.90 Å². The van der Waals surface area contributed by atoms with Crippen molar-refractivity contribution in [2.24, 2.45) is 5.92 Å². The Kier molecular flexibility index (Phi) is 3.45. The molecule has 1 saturated carbocycles. The third-order valence-electron chi connectivity index (χ3n) is 5.60. The lowest BCUT2D eigenvalue weighted by molar-refractivity contribution is 0.0825. The summed E-state index contributed by atoms with van der Waals surface area (Å²) in [7, 11) is 0. The van der Waals surface area contributed by atoms with Gasteiger partial charge in [0, 0.05) is 18.1 Å². The molecule has 17 heavy (non-hydrogen) atoms. The molecule has 0 aromatic heterocycles. The fourth-order valence-corrected chi connectivity index (χ4v) is 3.99. The minimum Gasteiger partial charge on any atom is -0.312 e. The van der Waals surface area contributed by atoms with Gasteiger partial charge in [-0.2, -0.15) is 0 Å². The van der Waals surface area contributed by atoms with Gasteiger partial charge in [0.2, 0.25) is 0 Å². The Morgan fingerprint density at radius 2 is 2.06 bits per heavy atom. The van der Waals surface area contributed by atoms with Gasteiger partial charge >= 0.3 is 0 Å². The van der Waals surface area contributed by atoms with Gasteiger partial charge in [0.1, 0.15) is 0 Å². The topological polar surface area (TPSA) is 15.3 Å². The summed E-state index contributed by atoms with van der Waals surface area (Å²) >= 11 is 0. The highest BCUT2D eigenvalue weighted by Gasteiger charge is 2.42. The Bertz CT molecular complexity index is 252. The van der Waals surface area contributed by atoms with Gasteiger partial charge in [-0.05, 0) is 58.0 Å². The second kappa shape index (κ2) is 4.89. The maximum atomic E-state index is 3.72. The fraction of sp³-hybridized carbons (Fsp3) is 1.00. The van der Waals surface area contributed by atoms with Gasteiger partial charge in [-0.15, -0.1) is 0 Å². The molecule has 1 aliphatic carbocycles. The lowest BCUT2D eigenvalue weighted by atomic mass is 9.81. The SMILES string of the molecule is CC1CCC2(CCCN2CCC2CCC2)CN1. The van der Waals surface area contributed by atoms with Crippen LogP contribution in [0.15, 0.2) is 0 Å². The molecule has 2 aliphatic heterocycles. The average molecular weight is 236 g/mol. The van der Waals surface area contributed by atoms with Gasteiger partial charge in [0.05, 0.1) is 0 Å². The van der Waals surface area contributed by atoms with Crippen molar-refractivity contribution >= 4 is 0 Å². The summed E-state index contributed by atoms with van der Waals surface area (Å²) in [5.41, 5.74) is 0.552. The van der Waals surface area contributed by atoms with Crippen molar-refractivity contribution in [1.82, 2.24) is 10.2 Å². The molecule has 3 rings (SSSR count). The average Bonchev–Trinajstić information content (AvgIpc) is 2.65. The molecular weight excluding hydrogens is 208 g/mol. The molecule has 2 heterocycles. The van der Waals surface area contributed by atoms with E-state index in [4.69, 9.17) is 0 Å². The van der Waals surface area contributed by atoms with E-state index in [-0.39, 0.29) is 0 Å². The fourth-order valence-electron chi connectivity index (χ4n) is 3.99. The second-order valence-corrected chi connectivity index (χ2v) is 6.72. The maximum Gasteiger partial charge on any atom is 0.0335 e. The van der Waals surface area contributed by atoms with E-state index in [2.05, 4.69) is 17.1 Å². The monoisotopic (exact) mass is 236 g/mol. The number of hydrogen-bond donors (Lipinski definition) is 1. The van der Waals surface area contributed by atoms with Crippen LogP contribution in [-0.4, -0.2) is 36.1 Å². The van der Waals surface area contributed by atoms with Crippen molar-refractivity contribution in [3.8, 4) is 0 Å². The molecule has 0 amide bonds. The van der Waals surface area contributed by atoms with Gasteiger partial charge in [0.15, 0.2) is 0 Å². The minimum absolute atomic E-state index is 0.552. The van der Waals surface area contributed by atoms with Crippen molar-refractivity contribution in [3.63, 3.8) is 0 Å². The van der Waals surface area contributed by atoms with Crippen LogP contribution in [0.5, 0.6) is 0 Å². The Morgan fingerprint density at radius 1 is 1.18 bits per heavy atom. The van der Waals surface area contributed by atoms with Crippen LogP contribution in [-0.2, 0) is 0 Å². The zero-order chi connectivity index (χ0) is 11.7. The molecule has 0 radical (unpaired) electrons. The van der Waals surface area contributed by atoms with Crippen molar-refractivity contribution in [1.29, 1.82) is 0 Å². The normalized spacial score (nSPS) is 39.7. The van der Waals surface area contributed by atoms with E-state index < -0.39 is 0 Å². The van der Waals surface area contributed by atoms with Gasteiger partial charge in [0.25, 0.3) is 0 Å². The zero-order valence-corrected chi connectivity index (χ0v) is 11.4. The van der Waals surface area contributed by atoms with Crippen molar-refractivity contribution in [2.75, 3.05) is 19.6 Å². The molecule has 1 N–H and O–H groups in total. The largest absolute Gasteiger partial charge is 0.312 e. The number of nitrogens with zero attached hydrogens (tertiary/aromatic N) is 1. The van der Waals surface area contributed by atoms with Crippen LogP contribution in [0.4, 0.5) is 0 Å². The van der Waals surface area contributed by atoms with Crippen LogP contribution in [0.2, 0.25) is 0 Å². The lowest BCUT2D eigenvalue weighted by Crippen LogP contribution is -2.56. The number of nitrogens with one attached hydrogen (secondary N) is 1. The van der Waals surface area contributed by atoms with E-state index in [9.17, 15) is 0 Å². The van der Waals surface area contributed by atoms with Gasteiger partial charge in [-0.25, -0.2) is 0 Å². The molecule has 3 fully saturated rings. The Labute approximate surface area is 106 Å². The summed E-state index contributed by atoms with van der Waals surface area (Å²) in [6.07, 6.45) is 11.7. The van der Waals surface area contributed by atoms with Crippen molar-refractivity contribution in [2.45, 2.75) is 69.9 Å². The van der Waals surface area contributed by atoms with Crippen LogP contribution in [0, 0.1) is 5.92 Å². The summed E-state index contributed by atoms with van der Waals surface area (Å²) < 4.78 is 0. The summed E-state index contributed by atoms with van der Waals surface area (Å²) in [5, 5.41) is 3.72. The van der Waals surface area contributed by atoms with Crippen LogP contribution >= 0.6 is 0 Å². The van der Waals surface area contributed by atoms with E-state index in [1.165, 1.54) is 71.0 Å². The lowest BCUT2D eigenvalue weighted by Gasteiger charge is -2.44. The Balaban J connectivity index is 1.54. The first-order valence-corrected chi connectivity index (χ1v) is 7.77. The summed E-state index contributed by atoms with van der Waals surface area (Å²) in [6, 6.07) is 0.745. The quantitative estimate of drug-likeness (QED) is 0.810. The minimum atomic E-state index is 0.552. The molecule has 3 aliphatic rings. The number of likely N-dealkylation sites (tertiary alicyclic amines) is 1. The molecule has 2 saturated heterocycles. The Hall–Kier alpha value is -0.0800. The molecule has 98 valence electrons. The second-order valence-electron chi connectivity index (χ2n) is 6.72. The highest BCUT2D eigenvalue weighted by atomic mass is 15.2.